The molecule has 0 unspecified atom stereocenters. The number of ketones is 1. The minimum atomic E-state index is 0.172. The zero-order valence-electron chi connectivity index (χ0n) is 10.8. The van der Waals surface area contributed by atoms with Gasteiger partial charge in [-0.3, -0.25) is 4.79 Å². The van der Waals surface area contributed by atoms with Crippen LogP contribution in [-0.4, -0.2) is 15.6 Å². The number of carbonyl (C=O) groups excluding carboxylic acids is 1. The molecular formula is C15H18N2O. The maximum absolute atomic E-state index is 11.9. The molecule has 18 heavy (non-hydrogen) atoms. The average Bonchev–Trinajstić information content (AvgIpc) is 2.86. The standard InChI is InChI=1S/C15H18N2O/c1-12(2)8-9-15(18)13-10-16-17(11-13)14-6-4-3-5-7-14/h3-7,10-12H,8-9H2,1-2H3. The van der Waals surface area contributed by atoms with Crippen molar-refractivity contribution in [3.8, 4) is 5.69 Å². The van der Waals surface area contributed by atoms with Crippen LogP contribution in [0.15, 0.2) is 42.7 Å². The van der Waals surface area contributed by atoms with E-state index in [0.717, 1.165) is 12.1 Å². The maximum Gasteiger partial charge on any atom is 0.166 e. The summed E-state index contributed by atoms with van der Waals surface area (Å²) in [5.41, 5.74) is 1.67. The van der Waals surface area contributed by atoms with E-state index < -0.39 is 0 Å². The van der Waals surface area contributed by atoms with Gasteiger partial charge in [0, 0.05) is 12.6 Å². The van der Waals surface area contributed by atoms with Crippen LogP contribution in [0, 0.1) is 5.92 Å². The molecule has 1 aromatic carbocycles. The number of nitrogens with zero attached hydrogens (tertiary/aromatic N) is 2. The molecule has 0 saturated heterocycles. The van der Waals surface area contributed by atoms with E-state index in [1.54, 1.807) is 17.1 Å². The lowest BCUT2D eigenvalue weighted by atomic mass is 10.0. The van der Waals surface area contributed by atoms with Crippen LogP contribution in [0.1, 0.15) is 37.0 Å². The Labute approximate surface area is 107 Å². The van der Waals surface area contributed by atoms with E-state index in [9.17, 15) is 4.79 Å². The highest BCUT2D eigenvalue weighted by atomic mass is 16.1. The third-order valence-electron chi connectivity index (χ3n) is 2.87. The number of rotatable bonds is 5. The molecule has 0 radical (unpaired) electrons. The third-order valence-corrected chi connectivity index (χ3v) is 2.87. The molecular weight excluding hydrogens is 224 g/mol. The summed E-state index contributed by atoms with van der Waals surface area (Å²) in [6.45, 7) is 4.25. The Morgan fingerprint density at radius 1 is 1.28 bits per heavy atom. The van der Waals surface area contributed by atoms with Gasteiger partial charge in [0.05, 0.1) is 17.4 Å². The third kappa shape index (κ3) is 3.06. The zero-order valence-corrected chi connectivity index (χ0v) is 10.8. The average molecular weight is 242 g/mol. The van der Waals surface area contributed by atoms with E-state index in [2.05, 4.69) is 18.9 Å². The van der Waals surface area contributed by atoms with Crippen molar-refractivity contribution in [1.29, 1.82) is 0 Å². The Bertz CT molecular complexity index is 514. The summed E-state index contributed by atoms with van der Waals surface area (Å²) in [7, 11) is 0. The second kappa shape index (κ2) is 5.63. The maximum atomic E-state index is 11.9. The molecule has 0 aliphatic carbocycles. The lowest BCUT2D eigenvalue weighted by Crippen LogP contribution is -2.00. The summed E-state index contributed by atoms with van der Waals surface area (Å²) in [4.78, 5) is 11.9. The predicted octanol–water partition coefficient (Wildman–Crippen LogP) is 3.49. The molecule has 0 amide bonds. The minimum Gasteiger partial charge on any atom is -0.294 e. The molecule has 0 saturated carbocycles. The highest BCUT2D eigenvalue weighted by Gasteiger charge is 2.10. The van der Waals surface area contributed by atoms with Crippen LogP contribution in [0.3, 0.4) is 0 Å². The fraction of sp³-hybridized carbons (Fsp3) is 0.333. The van der Waals surface area contributed by atoms with Gasteiger partial charge in [-0.25, -0.2) is 4.68 Å². The second-order valence-corrected chi connectivity index (χ2v) is 4.86. The van der Waals surface area contributed by atoms with Gasteiger partial charge in [0.15, 0.2) is 5.78 Å². The molecule has 0 aliphatic rings. The van der Waals surface area contributed by atoms with Gasteiger partial charge >= 0.3 is 0 Å². The Kier molecular flexibility index (Phi) is 3.92. The van der Waals surface area contributed by atoms with Gasteiger partial charge in [-0.15, -0.1) is 0 Å². The molecule has 1 heterocycles. The van der Waals surface area contributed by atoms with Crippen LogP contribution in [-0.2, 0) is 0 Å². The molecule has 3 heteroatoms. The number of aromatic nitrogens is 2. The van der Waals surface area contributed by atoms with Gasteiger partial charge in [-0.2, -0.15) is 5.10 Å². The van der Waals surface area contributed by atoms with Crippen LogP contribution in [0.2, 0.25) is 0 Å². The molecule has 2 aromatic rings. The van der Waals surface area contributed by atoms with Crippen LogP contribution >= 0.6 is 0 Å². The molecule has 0 atom stereocenters. The number of hydrogen-bond donors (Lipinski definition) is 0. The molecule has 0 aliphatic heterocycles. The first-order valence-corrected chi connectivity index (χ1v) is 6.30. The molecule has 3 nitrogen and oxygen atoms in total. The molecule has 1 aromatic heterocycles. The largest absolute Gasteiger partial charge is 0.294 e. The Morgan fingerprint density at radius 2 is 2.00 bits per heavy atom. The van der Waals surface area contributed by atoms with Crippen LogP contribution in [0.4, 0.5) is 0 Å². The Morgan fingerprint density at radius 3 is 2.67 bits per heavy atom. The zero-order chi connectivity index (χ0) is 13.0. The number of Topliss-reactive ketones (excluding diaryl/α,β-unsaturated/α-hetero) is 1. The molecule has 2 rings (SSSR count). The quantitative estimate of drug-likeness (QED) is 0.752. The van der Waals surface area contributed by atoms with Crippen molar-refractivity contribution in [1.82, 2.24) is 9.78 Å². The van der Waals surface area contributed by atoms with Crippen LogP contribution in [0.5, 0.6) is 0 Å². The lowest BCUT2D eigenvalue weighted by molar-refractivity contribution is 0.0975. The summed E-state index contributed by atoms with van der Waals surface area (Å²) in [6.07, 6.45) is 4.97. The number of carbonyl (C=O) groups is 1. The van der Waals surface area contributed by atoms with Crippen molar-refractivity contribution in [3.63, 3.8) is 0 Å². The van der Waals surface area contributed by atoms with E-state index in [1.807, 2.05) is 30.3 Å². The van der Waals surface area contributed by atoms with Gasteiger partial charge in [0.25, 0.3) is 0 Å². The van der Waals surface area contributed by atoms with Crippen molar-refractivity contribution in [2.75, 3.05) is 0 Å². The van der Waals surface area contributed by atoms with Gasteiger partial charge in [0.2, 0.25) is 0 Å². The predicted molar refractivity (Wildman–Crippen MR) is 72.0 cm³/mol. The topological polar surface area (TPSA) is 34.9 Å². The highest BCUT2D eigenvalue weighted by molar-refractivity contribution is 5.95. The summed E-state index contributed by atoms with van der Waals surface area (Å²) < 4.78 is 1.74. The molecule has 94 valence electrons. The SMILES string of the molecule is CC(C)CCC(=O)c1cnn(-c2ccccc2)c1. The number of para-hydroxylation sites is 1. The summed E-state index contributed by atoms with van der Waals surface area (Å²) in [5.74, 6) is 0.726. The van der Waals surface area contributed by atoms with Crippen molar-refractivity contribution < 1.29 is 4.79 Å². The smallest absolute Gasteiger partial charge is 0.166 e. The van der Waals surface area contributed by atoms with Crippen LogP contribution in [0.25, 0.3) is 5.69 Å². The first-order chi connectivity index (χ1) is 8.66. The molecule has 0 N–H and O–H groups in total. The normalized spacial score (nSPS) is 10.8. The molecule has 0 bridgehead atoms. The van der Waals surface area contributed by atoms with Crippen molar-refractivity contribution >= 4 is 5.78 Å². The second-order valence-electron chi connectivity index (χ2n) is 4.86. The fourth-order valence-corrected chi connectivity index (χ4v) is 1.75. The van der Waals surface area contributed by atoms with E-state index in [1.165, 1.54) is 0 Å². The van der Waals surface area contributed by atoms with E-state index >= 15 is 0 Å². The monoisotopic (exact) mass is 242 g/mol. The van der Waals surface area contributed by atoms with E-state index in [0.29, 0.717) is 17.9 Å². The number of hydrogen-bond acceptors (Lipinski definition) is 2. The van der Waals surface area contributed by atoms with Crippen molar-refractivity contribution in [2.24, 2.45) is 5.92 Å². The fourth-order valence-electron chi connectivity index (χ4n) is 1.75. The summed E-state index contributed by atoms with van der Waals surface area (Å²) >= 11 is 0. The highest BCUT2D eigenvalue weighted by Crippen LogP contribution is 2.12. The van der Waals surface area contributed by atoms with Crippen molar-refractivity contribution in [2.45, 2.75) is 26.7 Å². The molecule has 0 spiro atoms. The van der Waals surface area contributed by atoms with Crippen LogP contribution < -0.4 is 0 Å². The summed E-state index contributed by atoms with van der Waals surface area (Å²) in [6, 6.07) is 9.81. The number of benzene rings is 1. The van der Waals surface area contributed by atoms with Gasteiger partial charge < -0.3 is 0 Å². The van der Waals surface area contributed by atoms with Gasteiger partial charge in [-0.1, -0.05) is 32.0 Å². The first-order valence-electron chi connectivity index (χ1n) is 6.30. The first kappa shape index (κ1) is 12.6. The Balaban J connectivity index is 2.09. The van der Waals surface area contributed by atoms with E-state index in [4.69, 9.17) is 0 Å². The van der Waals surface area contributed by atoms with Gasteiger partial charge in [-0.05, 0) is 24.5 Å². The summed E-state index contributed by atoms with van der Waals surface area (Å²) in [5, 5.41) is 4.23. The van der Waals surface area contributed by atoms with E-state index in [-0.39, 0.29) is 5.78 Å². The molecule has 0 fully saturated rings. The Hall–Kier alpha value is -1.90. The minimum absolute atomic E-state index is 0.172. The lowest BCUT2D eigenvalue weighted by Gasteiger charge is -2.02. The van der Waals surface area contributed by atoms with Crippen molar-refractivity contribution in [3.05, 3.63) is 48.3 Å². The van der Waals surface area contributed by atoms with Gasteiger partial charge in [0.1, 0.15) is 0 Å².